The minimum Gasteiger partial charge on any atom is -0.439 e. The molecule has 0 radical (unpaired) electrons. The Kier molecular flexibility index (Phi) is 5.94. The number of nitrogens with zero attached hydrogens (tertiary/aromatic N) is 2. The third kappa shape index (κ3) is 4.78. The van der Waals surface area contributed by atoms with Crippen LogP contribution >= 0.6 is 0 Å². The minimum absolute atomic E-state index is 0.157. The van der Waals surface area contributed by atoms with Crippen LogP contribution in [0, 0.1) is 0 Å². The molecule has 0 bridgehead atoms. The maximum absolute atomic E-state index is 12.5. The molecular formula is C24H21N3O3. The summed E-state index contributed by atoms with van der Waals surface area (Å²) < 4.78 is 5.62. The zero-order valence-electron chi connectivity index (χ0n) is 16.4. The number of aromatic amines is 1. The molecule has 1 aliphatic carbocycles. The third-order valence-electron chi connectivity index (χ3n) is 4.74. The molecule has 1 N–H and O–H groups in total. The van der Waals surface area contributed by atoms with E-state index >= 15 is 0 Å². The van der Waals surface area contributed by atoms with E-state index in [-0.39, 0.29) is 5.78 Å². The average Bonchev–Trinajstić information content (AvgIpc) is 3.44. The molecule has 4 aromatic rings. The maximum atomic E-state index is 12.5. The Morgan fingerprint density at radius 1 is 0.900 bits per heavy atom. The summed E-state index contributed by atoms with van der Waals surface area (Å²) in [5, 5.41) is 0. The highest BCUT2D eigenvalue weighted by atomic mass is 16.5. The van der Waals surface area contributed by atoms with Gasteiger partial charge in [0.1, 0.15) is 11.5 Å². The van der Waals surface area contributed by atoms with E-state index in [4.69, 9.17) is 4.74 Å². The van der Waals surface area contributed by atoms with Crippen LogP contribution in [0.25, 0.3) is 11.0 Å². The van der Waals surface area contributed by atoms with E-state index in [9.17, 15) is 9.59 Å². The van der Waals surface area contributed by atoms with Crippen molar-refractivity contribution in [2.75, 3.05) is 0 Å². The number of carbonyl (C=O) groups excluding carboxylic acids is 2. The number of nitrogens with one attached hydrogen (secondary N) is 1. The zero-order chi connectivity index (χ0) is 20.8. The van der Waals surface area contributed by atoms with Crippen molar-refractivity contribution in [2.24, 2.45) is 0 Å². The van der Waals surface area contributed by atoms with Crippen LogP contribution in [0.1, 0.15) is 41.9 Å². The molecule has 0 spiro atoms. The van der Waals surface area contributed by atoms with Gasteiger partial charge >= 0.3 is 0 Å². The van der Waals surface area contributed by atoms with E-state index in [1.54, 1.807) is 36.5 Å². The highest BCUT2D eigenvalue weighted by Gasteiger charge is 2.14. The predicted octanol–water partition coefficient (Wildman–Crippen LogP) is 5.11. The van der Waals surface area contributed by atoms with E-state index in [1.807, 2.05) is 36.4 Å². The van der Waals surface area contributed by atoms with Crippen molar-refractivity contribution in [3.05, 3.63) is 84.3 Å². The second-order valence-electron chi connectivity index (χ2n) is 6.97. The molecule has 1 aliphatic rings. The van der Waals surface area contributed by atoms with Crippen LogP contribution in [0.5, 0.6) is 11.6 Å². The third-order valence-corrected chi connectivity index (χ3v) is 4.74. The molecule has 0 atom stereocenters. The molecule has 150 valence electrons. The lowest BCUT2D eigenvalue weighted by Crippen LogP contribution is -2.03. The van der Waals surface area contributed by atoms with Gasteiger partial charge < -0.3 is 9.72 Å². The number of rotatable bonds is 4. The first-order valence-corrected chi connectivity index (χ1v) is 9.89. The summed E-state index contributed by atoms with van der Waals surface area (Å²) in [5.74, 6) is 1.75. The first-order chi connectivity index (χ1) is 14.7. The van der Waals surface area contributed by atoms with Gasteiger partial charge in [0.2, 0.25) is 11.7 Å². The maximum Gasteiger partial charge on any atom is 0.228 e. The topological polar surface area (TPSA) is 84.9 Å². The number of benzene rings is 2. The average molecular weight is 399 g/mol. The molecule has 0 amide bonds. The molecule has 2 aromatic carbocycles. The van der Waals surface area contributed by atoms with Crippen molar-refractivity contribution in [1.82, 2.24) is 15.0 Å². The number of carbonyl (C=O) groups is 2. The van der Waals surface area contributed by atoms with Gasteiger partial charge in [0.05, 0.1) is 11.0 Å². The second kappa shape index (κ2) is 9.13. The standard InChI is InChI=1S/C19H13N3O2.C5H8O/c23-18(19-21-15-5-1-2-6-16(15)22-19)13-8-10-14(11-9-13)24-17-7-3-4-12-20-17;6-5-3-1-2-4-5/h1-12H,(H,21,22);1-4H2. The summed E-state index contributed by atoms with van der Waals surface area (Å²) in [6.07, 6.45) is 5.63. The Balaban J connectivity index is 0.000000313. The van der Waals surface area contributed by atoms with Gasteiger partial charge in [-0.1, -0.05) is 18.2 Å². The number of para-hydroxylation sites is 2. The number of Topliss-reactive ketones (excluding diaryl/α,β-unsaturated/α-hetero) is 1. The quantitative estimate of drug-likeness (QED) is 0.482. The second-order valence-corrected chi connectivity index (χ2v) is 6.97. The summed E-state index contributed by atoms with van der Waals surface area (Å²) in [7, 11) is 0. The summed E-state index contributed by atoms with van der Waals surface area (Å²) in [6, 6.07) is 19.9. The molecule has 2 heterocycles. The Morgan fingerprint density at radius 2 is 1.63 bits per heavy atom. The Labute approximate surface area is 174 Å². The largest absolute Gasteiger partial charge is 0.439 e. The van der Waals surface area contributed by atoms with Crippen molar-refractivity contribution in [3.8, 4) is 11.6 Å². The number of H-pyrrole nitrogens is 1. The lowest BCUT2D eigenvalue weighted by Gasteiger charge is -2.04. The number of ketones is 2. The van der Waals surface area contributed by atoms with Crippen molar-refractivity contribution in [3.63, 3.8) is 0 Å². The highest BCUT2D eigenvalue weighted by Crippen LogP contribution is 2.21. The van der Waals surface area contributed by atoms with Crippen molar-refractivity contribution >= 4 is 22.6 Å². The van der Waals surface area contributed by atoms with E-state index in [0.717, 1.165) is 36.7 Å². The van der Waals surface area contributed by atoms with E-state index in [0.29, 0.717) is 28.8 Å². The molecule has 0 unspecified atom stereocenters. The highest BCUT2D eigenvalue weighted by molar-refractivity contribution is 6.08. The van der Waals surface area contributed by atoms with Crippen molar-refractivity contribution < 1.29 is 14.3 Å². The summed E-state index contributed by atoms with van der Waals surface area (Å²) >= 11 is 0. The monoisotopic (exact) mass is 399 g/mol. The van der Waals surface area contributed by atoms with E-state index < -0.39 is 0 Å². The number of aromatic nitrogens is 3. The molecule has 5 rings (SSSR count). The molecule has 0 aliphatic heterocycles. The fourth-order valence-electron chi connectivity index (χ4n) is 3.17. The SMILES string of the molecule is O=C(c1ccc(Oc2ccccn2)cc1)c1nc2ccccc2[nH]1.O=C1CCCC1. The molecule has 1 saturated carbocycles. The van der Waals surface area contributed by atoms with Crippen LogP contribution in [-0.2, 0) is 4.79 Å². The first kappa shape index (κ1) is 19.5. The molecule has 1 fully saturated rings. The number of hydrogen-bond acceptors (Lipinski definition) is 5. The Hall–Kier alpha value is -3.80. The Bertz CT molecular complexity index is 1110. The summed E-state index contributed by atoms with van der Waals surface area (Å²) in [6.45, 7) is 0. The van der Waals surface area contributed by atoms with Crippen LogP contribution in [0.3, 0.4) is 0 Å². The van der Waals surface area contributed by atoms with Crippen LogP contribution in [0.15, 0.2) is 72.9 Å². The van der Waals surface area contributed by atoms with Crippen molar-refractivity contribution in [2.45, 2.75) is 25.7 Å². The number of hydrogen-bond donors (Lipinski definition) is 1. The van der Waals surface area contributed by atoms with Gasteiger partial charge in [-0.15, -0.1) is 0 Å². The van der Waals surface area contributed by atoms with E-state index in [1.165, 1.54) is 0 Å². The summed E-state index contributed by atoms with van der Waals surface area (Å²) in [5.41, 5.74) is 2.16. The van der Waals surface area contributed by atoms with Gasteiger partial charge in [0, 0.05) is 30.7 Å². The molecule has 0 saturated heterocycles. The fraction of sp³-hybridized carbons (Fsp3) is 0.167. The molecule has 6 nitrogen and oxygen atoms in total. The number of ether oxygens (including phenoxy) is 1. The van der Waals surface area contributed by atoms with Gasteiger partial charge in [-0.3, -0.25) is 9.59 Å². The normalized spacial score (nSPS) is 13.0. The number of pyridine rings is 1. The van der Waals surface area contributed by atoms with Gasteiger partial charge in [0.25, 0.3) is 0 Å². The van der Waals surface area contributed by atoms with Crippen LogP contribution in [0.4, 0.5) is 0 Å². The number of fused-ring (bicyclic) bond motifs is 1. The smallest absolute Gasteiger partial charge is 0.228 e. The number of imidazole rings is 1. The predicted molar refractivity (Wildman–Crippen MR) is 114 cm³/mol. The van der Waals surface area contributed by atoms with E-state index in [2.05, 4.69) is 15.0 Å². The molecular weight excluding hydrogens is 378 g/mol. The van der Waals surface area contributed by atoms with Gasteiger partial charge in [-0.2, -0.15) is 0 Å². The molecule has 2 aromatic heterocycles. The van der Waals surface area contributed by atoms with Crippen LogP contribution in [0.2, 0.25) is 0 Å². The fourth-order valence-corrected chi connectivity index (χ4v) is 3.17. The van der Waals surface area contributed by atoms with Crippen LogP contribution < -0.4 is 4.74 Å². The summed E-state index contributed by atoms with van der Waals surface area (Å²) in [4.78, 5) is 34.3. The first-order valence-electron chi connectivity index (χ1n) is 9.89. The Morgan fingerprint density at radius 3 is 2.27 bits per heavy atom. The van der Waals surface area contributed by atoms with Gasteiger partial charge in [-0.05, 0) is 55.3 Å². The minimum atomic E-state index is -0.157. The molecule has 30 heavy (non-hydrogen) atoms. The van der Waals surface area contributed by atoms with Gasteiger partial charge in [0.15, 0.2) is 5.82 Å². The van der Waals surface area contributed by atoms with Crippen molar-refractivity contribution in [1.29, 1.82) is 0 Å². The van der Waals surface area contributed by atoms with Crippen LogP contribution in [-0.4, -0.2) is 26.5 Å². The van der Waals surface area contributed by atoms with Gasteiger partial charge in [-0.25, -0.2) is 9.97 Å². The lowest BCUT2D eigenvalue weighted by atomic mass is 10.1. The lowest BCUT2D eigenvalue weighted by molar-refractivity contribution is -0.117. The molecule has 6 heteroatoms. The zero-order valence-corrected chi connectivity index (χ0v) is 16.4.